The van der Waals surface area contributed by atoms with Gasteiger partial charge in [-0.25, -0.2) is 0 Å². The molecule has 1 heterocycles. The van der Waals surface area contributed by atoms with Gasteiger partial charge in [0.15, 0.2) is 0 Å². The lowest BCUT2D eigenvalue weighted by molar-refractivity contribution is 0.458. The third-order valence-corrected chi connectivity index (χ3v) is 2.16. The number of rotatable bonds is 4. The Morgan fingerprint density at radius 2 is 1.88 bits per heavy atom. The van der Waals surface area contributed by atoms with Gasteiger partial charge in [0.25, 0.3) is 0 Å². The molecule has 0 aliphatic carbocycles. The van der Waals surface area contributed by atoms with E-state index >= 15 is 0 Å². The zero-order valence-corrected chi connectivity index (χ0v) is 8.76. The van der Waals surface area contributed by atoms with Crippen LogP contribution in [-0.4, -0.2) is 10.2 Å². The van der Waals surface area contributed by atoms with E-state index in [9.17, 15) is 0 Å². The summed E-state index contributed by atoms with van der Waals surface area (Å²) in [6.07, 6.45) is 1.58. The van der Waals surface area contributed by atoms with Crippen LogP contribution in [0.5, 0.6) is 0 Å². The van der Waals surface area contributed by atoms with Crippen LogP contribution in [0.15, 0.2) is 34.7 Å². The highest BCUT2D eigenvalue weighted by Gasteiger charge is 2.06. The standard InChI is InChI=1S/C12H11N3O/c13-8-4-7-11-14-15-12(16-11)9-10-5-2-1-3-6-10/h1-3,5-6H,4,7,9H2. The first-order valence-corrected chi connectivity index (χ1v) is 5.10. The Morgan fingerprint density at radius 3 is 2.62 bits per heavy atom. The number of nitriles is 1. The first kappa shape index (κ1) is 10.4. The van der Waals surface area contributed by atoms with Crippen LogP contribution < -0.4 is 0 Å². The van der Waals surface area contributed by atoms with Crippen LogP contribution in [0.25, 0.3) is 0 Å². The minimum atomic E-state index is 0.410. The maximum absolute atomic E-state index is 8.43. The van der Waals surface area contributed by atoms with Crippen molar-refractivity contribution in [3.8, 4) is 6.07 Å². The maximum Gasteiger partial charge on any atom is 0.220 e. The number of hydrogen-bond donors (Lipinski definition) is 0. The molecule has 4 nitrogen and oxygen atoms in total. The van der Waals surface area contributed by atoms with E-state index < -0.39 is 0 Å². The molecule has 0 aliphatic heterocycles. The minimum Gasteiger partial charge on any atom is -0.425 e. The van der Waals surface area contributed by atoms with Crippen LogP contribution in [0.4, 0.5) is 0 Å². The third kappa shape index (κ3) is 2.67. The Balaban J connectivity index is 2.01. The van der Waals surface area contributed by atoms with E-state index in [0.29, 0.717) is 31.0 Å². The van der Waals surface area contributed by atoms with Crippen molar-refractivity contribution in [3.63, 3.8) is 0 Å². The van der Waals surface area contributed by atoms with Crippen molar-refractivity contribution in [1.29, 1.82) is 5.26 Å². The molecule has 0 saturated heterocycles. The molecule has 4 heteroatoms. The summed E-state index contributed by atoms with van der Waals surface area (Å²) in [5, 5.41) is 16.3. The molecule has 2 aromatic rings. The molecule has 0 fully saturated rings. The van der Waals surface area contributed by atoms with Crippen molar-refractivity contribution < 1.29 is 4.42 Å². The predicted molar refractivity (Wildman–Crippen MR) is 57.5 cm³/mol. The van der Waals surface area contributed by atoms with Crippen LogP contribution in [-0.2, 0) is 12.8 Å². The molecule has 1 aromatic heterocycles. The molecule has 0 bridgehead atoms. The fourth-order valence-electron chi connectivity index (χ4n) is 1.39. The Hall–Kier alpha value is -2.15. The van der Waals surface area contributed by atoms with Crippen molar-refractivity contribution in [1.82, 2.24) is 10.2 Å². The van der Waals surface area contributed by atoms with Gasteiger partial charge in [-0.1, -0.05) is 30.3 Å². The van der Waals surface area contributed by atoms with E-state index in [1.54, 1.807) is 0 Å². The zero-order chi connectivity index (χ0) is 11.2. The smallest absolute Gasteiger partial charge is 0.220 e. The maximum atomic E-state index is 8.43. The number of aromatic nitrogens is 2. The monoisotopic (exact) mass is 213 g/mol. The van der Waals surface area contributed by atoms with Gasteiger partial charge < -0.3 is 4.42 Å². The fourth-order valence-corrected chi connectivity index (χ4v) is 1.39. The first-order valence-electron chi connectivity index (χ1n) is 5.10. The molecule has 0 atom stereocenters. The van der Waals surface area contributed by atoms with Crippen LogP contribution in [0.3, 0.4) is 0 Å². The van der Waals surface area contributed by atoms with Gasteiger partial charge in [0.05, 0.1) is 12.5 Å². The van der Waals surface area contributed by atoms with Gasteiger partial charge >= 0.3 is 0 Å². The molecular formula is C12H11N3O. The molecule has 0 aliphatic rings. The SMILES string of the molecule is N#CCCc1nnc(Cc2ccccc2)o1. The van der Waals surface area contributed by atoms with E-state index in [1.165, 1.54) is 0 Å². The van der Waals surface area contributed by atoms with Crippen LogP contribution >= 0.6 is 0 Å². The summed E-state index contributed by atoms with van der Waals surface area (Å²) in [7, 11) is 0. The second-order valence-electron chi connectivity index (χ2n) is 3.41. The molecule has 0 spiro atoms. The van der Waals surface area contributed by atoms with Gasteiger partial charge in [-0.15, -0.1) is 10.2 Å². The summed E-state index contributed by atoms with van der Waals surface area (Å²) in [5.41, 5.74) is 1.14. The van der Waals surface area contributed by atoms with Crippen molar-refractivity contribution in [3.05, 3.63) is 47.7 Å². The van der Waals surface area contributed by atoms with Crippen LogP contribution in [0.1, 0.15) is 23.8 Å². The molecule has 0 saturated carbocycles. The average Bonchev–Trinajstić information content (AvgIpc) is 2.75. The van der Waals surface area contributed by atoms with Crippen LogP contribution in [0, 0.1) is 11.3 Å². The fraction of sp³-hybridized carbons (Fsp3) is 0.250. The largest absolute Gasteiger partial charge is 0.425 e. The average molecular weight is 213 g/mol. The number of nitrogens with zero attached hydrogens (tertiary/aromatic N) is 3. The van der Waals surface area contributed by atoms with Crippen molar-refractivity contribution >= 4 is 0 Å². The summed E-state index contributed by atoms with van der Waals surface area (Å²) in [4.78, 5) is 0. The number of aryl methyl sites for hydroxylation is 1. The summed E-state index contributed by atoms with van der Waals surface area (Å²) >= 11 is 0. The topological polar surface area (TPSA) is 62.7 Å². The van der Waals surface area contributed by atoms with Crippen LogP contribution in [0.2, 0.25) is 0 Å². The zero-order valence-electron chi connectivity index (χ0n) is 8.76. The quantitative estimate of drug-likeness (QED) is 0.780. The van der Waals surface area contributed by atoms with E-state index in [0.717, 1.165) is 5.56 Å². The van der Waals surface area contributed by atoms with E-state index in [1.807, 2.05) is 36.4 Å². The number of benzene rings is 1. The summed E-state index contributed by atoms with van der Waals surface area (Å²) in [5.74, 6) is 1.13. The Kier molecular flexibility index (Phi) is 3.29. The molecular weight excluding hydrogens is 202 g/mol. The molecule has 16 heavy (non-hydrogen) atoms. The van der Waals surface area contributed by atoms with E-state index in [4.69, 9.17) is 9.68 Å². The normalized spacial score (nSPS) is 9.94. The molecule has 0 amide bonds. The summed E-state index contributed by atoms with van der Waals surface area (Å²) in [6, 6.07) is 12.0. The highest BCUT2D eigenvalue weighted by Crippen LogP contribution is 2.08. The lowest BCUT2D eigenvalue weighted by Gasteiger charge is -1.94. The first-order chi connectivity index (χ1) is 7.88. The summed E-state index contributed by atoms with van der Waals surface area (Å²) < 4.78 is 5.42. The molecule has 80 valence electrons. The van der Waals surface area contributed by atoms with Crippen molar-refractivity contribution in [2.75, 3.05) is 0 Å². The van der Waals surface area contributed by atoms with Gasteiger partial charge in [0.2, 0.25) is 11.8 Å². The Labute approximate surface area is 93.5 Å². The molecule has 0 radical (unpaired) electrons. The summed E-state index contributed by atoms with van der Waals surface area (Å²) in [6.45, 7) is 0. The minimum absolute atomic E-state index is 0.410. The Morgan fingerprint density at radius 1 is 1.12 bits per heavy atom. The van der Waals surface area contributed by atoms with Gasteiger partial charge in [0, 0.05) is 12.8 Å². The number of hydrogen-bond acceptors (Lipinski definition) is 4. The van der Waals surface area contributed by atoms with Gasteiger partial charge in [0.1, 0.15) is 0 Å². The molecule has 1 aromatic carbocycles. The Bertz CT molecular complexity index is 484. The second-order valence-corrected chi connectivity index (χ2v) is 3.41. The van der Waals surface area contributed by atoms with E-state index in [2.05, 4.69) is 10.2 Å². The second kappa shape index (κ2) is 5.08. The lowest BCUT2D eigenvalue weighted by Crippen LogP contribution is -1.87. The predicted octanol–water partition coefficient (Wildman–Crippen LogP) is 2.12. The van der Waals surface area contributed by atoms with Gasteiger partial charge in [-0.2, -0.15) is 5.26 Å². The van der Waals surface area contributed by atoms with Gasteiger partial charge in [-0.3, -0.25) is 0 Å². The molecule has 0 N–H and O–H groups in total. The highest BCUT2D eigenvalue weighted by molar-refractivity contribution is 5.17. The highest BCUT2D eigenvalue weighted by atomic mass is 16.4. The lowest BCUT2D eigenvalue weighted by atomic mass is 10.2. The third-order valence-electron chi connectivity index (χ3n) is 2.16. The van der Waals surface area contributed by atoms with Crippen molar-refractivity contribution in [2.24, 2.45) is 0 Å². The van der Waals surface area contributed by atoms with Crippen molar-refractivity contribution in [2.45, 2.75) is 19.3 Å². The molecule has 2 rings (SSSR count). The molecule has 0 unspecified atom stereocenters. The van der Waals surface area contributed by atoms with Gasteiger partial charge in [-0.05, 0) is 5.56 Å². The van der Waals surface area contributed by atoms with E-state index in [-0.39, 0.29) is 0 Å².